The van der Waals surface area contributed by atoms with Crippen molar-refractivity contribution in [2.45, 2.75) is 136 Å². The quantitative estimate of drug-likeness (QED) is 0.0681. The Balaban J connectivity index is 1.09. The van der Waals surface area contributed by atoms with Crippen molar-refractivity contribution >= 4 is 70.4 Å². The molecule has 1 saturated heterocycles. The Morgan fingerprint density at radius 1 is 0.855 bits per heavy atom. The van der Waals surface area contributed by atoms with Gasteiger partial charge in [0.15, 0.2) is 18.3 Å². The van der Waals surface area contributed by atoms with Gasteiger partial charge in [-0.1, -0.05) is 33.8 Å². The lowest BCUT2D eigenvalue weighted by molar-refractivity contribution is -0.282. The summed E-state index contributed by atoms with van der Waals surface area (Å²) in [5.41, 5.74) is 7.10. The zero-order chi connectivity index (χ0) is 60.9. The molecule has 27 heteroatoms. The Kier molecular flexibility index (Phi) is 19.0. The highest BCUT2D eigenvalue weighted by molar-refractivity contribution is 5.98. The van der Waals surface area contributed by atoms with E-state index in [2.05, 4.69) is 10.6 Å². The summed E-state index contributed by atoms with van der Waals surface area (Å²) in [6.45, 7) is 10.5. The van der Waals surface area contributed by atoms with Crippen LogP contribution in [-0.4, -0.2) is 155 Å². The van der Waals surface area contributed by atoms with Crippen molar-refractivity contribution in [2.75, 3.05) is 39.6 Å². The van der Waals surface area contributed by atoms with E-state index < -0.39 is 114 Å². The number of methoxy groups -OCH3 is 1. The van der Waals surface area contributed by atoms with Crippen LogP contribution >= 0.6 is 0 Å². The molecule has 83 heavy (non-hydrogen) atoms. The number of cyclic esters (lactones) is 1. The van der Waals surface area contributed by atoms with Crippen molar-refractivity contribution in [3.8, 4) is 22.9 Å². The number of carbonyl (C=O) groups is 9. The Morgan fingerprint density at radius 3 is 2.13 bits per heavy atom. The van der Waals surface area contributed by atoms with E-state index in [1.165, 1.54) is 45.3 Å². The Labute approximate surface area is 475 Å². The molecule has 8 atom stereocenters. The summed E-state index contributed by atoms with van der Waals surface area (Å²) in [6, 6.07) is 8.41. The minimum atomic E-state index is -2.04. The minimum absolute atomic E-state index is 0.0676. The number of phenolic OH excluding ortho intramolecular Hbond substituents is 1. The summed E-state index contributed by atoms with van der Waals surface area (Å²) in [5.74, 6) is -6.70. The van der Waals surface area contributed by atoms with Gasteiger partial charge in [0.25, 0.3) is 5.56 Å². The van der Waals surface area contributed by atoms with Crippen molar-refractivity contribution in [1.29, 1.82) is 0 Å². The van der Waals surface area contributed by atoms with E-state index in [4.69, 9.17) is 53.3 Å². The van der Waals surface area contributed by atoms with Gasteiger partial charge in [0.05, 0.1) is 47.9 Å². The second-order valence-corrected chi connectivity index (χ2v) is 20.4. The van der Waals surface area contributed by atoms with Crippen molar-refractivity contribution in [3.63, 3.8) is 0 Å². The molecule has 3 aliphatic heterocycles. The van der Waals surface area contributed by atoms with Gasteiger partial charge in [-0.3, -0.25) is 28.8 Å². The first-order valence-electron chi connectivity index (χ1n) is 26.6. The number of likely N-dealkylation sites (N-methyl/N-ethyl adjacent to an activating group) is 2. The van der Waals surface area contributed by atoms with E-state index in [1.54, 1.807) is 43.5 Å². The van der Waals surface area contributed by atoms with Crippen LogP contribution in [0.15, 0.2) is 47.3 Å². The predicted molar refractivity (Wildman–Crippen MR) is 289 cm³/mol. The van der Waals surface area contributed by atoms with Crippen LogP contribution in [0.1, 0.15) is 89.6 Å². The highest BCUT2D eigenvalue weighted by atomic mass is 16.7. The van der Waals surface area contributed by atoms with Crippen LogP contribution in [0.5, 0.6) is 11.5 Å². The van der Waals surface area contributed by atoms with Crippen LogP contribution in [0.25, 0.3) is 22.3 Å². The molecule has 0 aliphatic carbocycles. The van der Waals surface area contributed by atoms with Crippen LogP contribution in [0, 0.1) is 5.92 Å². The van der Waals surface area contributed by atoms with Crippen LogP contribution in [0.3, 0.4) is 0 Å². The molecule has 7 rings (SSSR count). The summed E-state index contributed by atoms with van der Waals surface area (Å²) in [5, 5.41) is 16.2. The number of rotatable bonds is 19. The van der Waals surface area contributed by atoms with Crippen LogP contribution in [0.4, 0.5) is 15.3 Å². The van der Waals surface area contributed by atoms with Crippen molar-refractivity contribution in [3.05, 3.63) is 80.6 Å². The molecule has 0 radical (unpaired) electrons. The fraction of sp³-hybridized carbons (Fsp3) is 0.482. The molecule has 4 aromatic rings. The standard InChI is InChI=1S/C56H67N7O20/c1-12-33-34-21-32(67)15-17-38(34)59-43-35(33)23-63-40(43)22-37-36(50(63)70)25-76-53(72)56(37,13-2)83-55(74)62(10)19-18-61(9)54(73)77-24-31-14-16-39(60-48(68)27(5)58-49(69)42(57)26(3)4)41(20-31)81-52-47(80-30(8)66)45(79-29(7)65)44(78-28(6)64)46(82-52)51(71)75-11/h14-17,20-22,26-27,42,44-47,52,67H,12-13,18-19,23-25,57H2,1-11H3,(H,58,69)(H,60,68)/t27-,42-,44-,45-,46-,47+,52+,56-/m0/s1. The lowest BCUT2D eigenvalue weighted by atomic mass is 9.85. The minimum Gasteiger partial charge on any atom is -0.508 e. The summed E-state index contributed by atoms with van der Waals surface area (Å²) in [6.07, 6.45) is -10.4. The number of pyridine rings is 2. The number of carbonyl (C=O) groups excluding carboxylic acids is 9. The van der Waals surface area contributed by atoms with Gasteiger partial charge in [0.2, 0.25) is 29.8 Å². The average Bonchev–Trinajstić information content (AvgIpc) is 2.59. The molecule has 4 amide bonds. The van der Waals surface area contributed by atoms with Gasteiger partial charge in [-0.2, -0.15) is 0 Å². The number of nitrogens with one attached hydrogen (secondary N) is 2. The zero-order valence-corrected chi connectivity index (χ0v) is 47.7. The second kappa shape index (κ2) is 25.5. The monoisotopic (exact) mass is 1160 g/mol. The molecular weight excluding hydrogens is 1090 g/mol. The number of nitrogens with zero attached hydrogens (tertiary/aromatic N) is 4. The molecule has 446 valence electrons. The lowest BCUT2D eigenvalue weighted by Gasteiger charge is -2.43. The number of hydrogen-bond acceptors (Lipinski definition) is 22. The number of aromatic nitrogens is 2. The first-order chi connectivity index (χ1) is 39.2. The third-order valence-corrected chi connectivity index (χ3v) is 14.3. The maximum atomic E-state index is 14.2. The number of hydrogen-bond donors (Lipinski definition) is 4. The first kappa shape index (κ1) is 61.8. The number of aryl methyl sites for hydroxylation is 1. The number of anilines is 1. The molecule has 0 bridgehead atoms. The highest BCUT2D eigenvalue weighted by Crippen LogP contribution is 2.43. The number of benzene rings is 2. The molecule has 0 unspecified atom stereocenters. The van der Waals surface area contributed by atoms with Gasteiger partial charge < -0.3 is 78.5 Å². The molecule has 2 aromatic heterocycles. The normalized spacial score (nSPS) is 20.2. The molecule has 2 aromatic carbocycles. The number of nitrogens with two attached hydrogens (primary N) is 1. The fourth-order valence-corrected chi connectivity index (χ4v) is 9.75. The van der Waals surface area contributed by atoms with Gasteiger partial charge in [0, 0.05) is 64.5 Å². The summed E-state index contributed by atoms with van der Waals surface area (Å²) < 4.78 is 52.1. The summed E-state index contributed by atoms with van der Waals surface area (Å²) in [7, 11) is 3.77. The Morgan fingerprint density at radius 2 is 1.51 bits per heavy atom. The van der Waals surface area contributed by atoms with Crippen molar-refractivity contribution < 1.29 is 90.9 Å². The SMILES string of the molecule is CCc1c2c(nc3ccc(O)cc13)-c1cc3c(c(=O)n1C2)COC(=O)[C@@]3(CC)OC(=O)N(C)CCN(C)C(=O)OCc1ccc(NC(=O)[C@H](C)NC(=O)[C@@H](N)C(C)C)c(O[C@@H]2O[C@H](C(=O)OC)[C@@H](OC(C)=O)[C@H](OC(C)=O)[C@H]2OC(C)=O)c1. The number of esters is 5. The van der Waals surface area contributed by atoms with Crippen LogP contribution in [-0.2, 0) is 103 Å². The van der Waals surface area contributed by atoms with E-state index in [1.807, 2.05) is 6.92 Å². The third kappa shape index (κ3) is 13.1. The van der Waals surface area contributed by atoms with Gasteiger partial charge in [-0.25, -0.2) is 24.2 Å². The maximum absolute atomic E-state index is 14.2. The Hall–Kier alpha value is -8.85. The van der Waals surface area contributed by atoms with E-state index in [0.29, 0.717) is 23.3 Å². The Bertz CT molecular complexity index is 3310. The second-order valence-electron chi connectivity index (χ2n) is 20.4. The highest BCUT2D eigenvalue weighted by Gasteiger charge is 2.56. The van der Waals surface area contributed by atoms with E-state index in [9.17, 15) is 53.1 Å². The number of amides is 4. The van der Waals surface area contributed by atoms with E-state index in [-0.39, 0.29) is 72.5 Å². The van der Waals surface area contributed by atoms with Crippen molar-refractivity contribution in [2.24, 2.45) is 11.7 Å². The fourth-order valence-electron chi connectivity index (χ4n) is 9.75. The van der Waals surface area contributed by atoms with E-state index >= 15 is 0 Å². The number of aromatic hydroxyl groups is 1. The van der Waals surface area contributed by atoms with Gasteiger partial charge in [-0.05, 0) is 73.2 Å². The smallest absolute Gasteiger partial charge is 0.411 e. The maximum Gasteiger partial charge on any atom is 0.411 e. The van der Waals surface area contributed by atoms with Gasteiger partial charge in [0.1, 0.15) is 30.8 Å². The van der Waals surface area contributed by atoms with Crippen LogP contribution in [0.2, 0.25) is 0 Å². The average molecular weight is 1160 g/mol. The third-order valence-electron chi connectivity index (χ3n) is 14.3. The topological polar surface area (TPSA) is 348 Å². The van der Waals surface area contributed by atoms with Gasteiger partial charge >= 0.3 is 42.0 Å². The largest absolute Gasteiger partial charge is 0.508 e. The molecule has 27 nitrogen and oxygen atoms in total. The zero-order valence-electron chi connectivity index (χ0n) is 47.7. The molecule has 5 heterocycles. The van der Waals surface area contributed by atoms with Crippen LogP contribution < -0.4 is 26.7 Å². The number of phenols is 1. The van der Waals surface area contributed by atoms with E-state index in [0.717, 1.165) is 54.2 Å². The molecule has 0 saturated carbocycles. The van der Waals surface area contributed by atoms with Crippen molar-refractivity contribution in [1.82, 2.24) is 24.7 Å². The molecule has 5 N–H and O–H groups in total. The van der Waals surface area contributed by atoms with Gasteiger partial charge in [-0.15, -0.1) is 0 Å². The first-order valence-corrected chi connectivity index (χ1v) is 26.6. The predicted octanol–water partition coefficient (Wildman–Crippen LogP) is 3.19. The number of fused-ring (bicyclic) bond motifs is 5. The molecule has 1 fully saturated rings. The number of ether oxygens (including phenoxy) is 9. The molecular formula is C56H67N7O20. The summed E-state index contributed by atoms with van der Waals surface area (Å²) >= 11 is 0. The lowest BCUT2D eigenvalue weighted by Crippen LogP contribution is -2.64. The summed E-state index contributed by atoms with van der Waals surface area (Å²) in [4.78, 5) is 140. The molecule has 3 aliphatic rings. The molecule has 0 spiro atoms.